The molecule has 1 saturated heterocycles. The molecule has 0 spiro atoms. The predicted molar refractivity (Wildman–Crippen MR) is 79.9 cm³/mol. The first-order valence-electron chi connectivity index (χ1n) is 5.69. The van der Waals surface area contributed by atoms with Crippen molar-refractivity contribution in [3.8, 4) is 0 Å². The second kappa shape index (κ2) is 5.67. The Morgan fingerprint density at radius 1 is 1.44 bits per heavy atom. The molecule has 4 nitrogen and oxygen atoms in total. The first kappa shape index (κ1) is 13.3. The first-order valence-corrected chi connectivity index (χ1v) is 6.89. The van der Waals surface area contributed by atoms with Crippen LogP contribution >= 0.6 is 28.1 Å². The Balaban J connectivity index is 2.31. The van der Waals surface area contributed by atoms with Crippen molar-refractivity contribution in [2.24, 2.45) is 5.73 Å². The third-order valence-electron chi connectivity index (χ3n) is 2.88. The van der Waals surface area contributed by atoms with E-state index < -0.39 is 0 Å². The van der Waals surface area contributed by atoms with Gasteiger partial charge in [-0.2, -0.15) is 0 Å². The number of rotatable bonds is 2. The van der Waals surface area contributed by atoms with Gasteiger partial charge >= 0.3 is 0 Å². The standard InChI is InChI=1S/C12H14BrN3OS/c13-8-1-2-10(9(7-8)12(14)18)16-5-3-11(17)15-4-6-16/h1-2,7H,3-6H2,(H2,14,18)(H,15,17). The maximum atomic E-state index is 11.3. The second-order valence-corrected chi connectivity index (χ2v) is 5.47. The lowest BCUT2D eigenvalue weighted by molar-refractivity contribution is -0.120. The van der Waals surface area contributed by atoms with Gasteiger partial charge in [0.05, 0.1) is 0 Å². The molecule has 1 aromatic carbocycles. The monoisotopic (exact) mass is 327 g/mol. The van der Waals surface area contributed by atoms with Crippen molar-refractivity contribution in [3.63, 3.8) is 0 Å². The number of hydrogen-bond donors (Lipinski definition) is 2. The summed E-state index contributed by atoms with van der Waals surface area (Å²) in [4.78, 5) is 13.8. The van der Waals surface area contributed by atoms with Crippen molar-refractivity contribution in [3.05, 3.63) is 28.2 Å². The van der Waals surface area contributed by atoms with Crippen LogP contribution in [0.5, 0.6) is 0 Å². The fourth-order valence-corrected chi connectivity index (χ4v) is 2.51. The van der Waals surface area contributed by atoms with Gasteiger partial charge in [-0.05, 0) is 18.2 Å². The van der Waals surface area contributed by atoms with Crippen LogP contribution in [0.25, 0.3) is 0 Å². The Kier molecular flexibility index (Phi) is 4.19. The number of thiocarbonyl (C=S) groups is 1. The molecule has 0 radical (unpaired) electrons. The quantitative estimate of drug-likeness (QED) is 0.806. The van der Waals surface area contributed by atoms with Crippen molar-refractivity contribution in [1.82, 2.24) is 5.32 Å². The molecule has 1 aromatic rings. The highest BCUT2D eigenvalue weighted by Gasteiger charge is 2.17. The summed E-state index contributed by atoms with van der Waals surface area (Å²) in [6, 6.07) is 5.85. The van der Waals surface area contributed by atoms with Gasteiger partial charge in [0.15, 0.2) is 0 Å². The Hall–Kier alpha value is -1.14. The lowest BCUT2D eigenvalue weighted by Gasteiger charge is -2.24. The van der Waals surface area contributed by atoms with Gasteiger partial charge in [-0.1, -0.05) is 28.1 Å². The molecule has 96 valence electrons. The van der Waals surface area contributed by atoms with E-state index in [1.807, 2.05) is 18.2 Å². The minimum Gasteiger partial charge on any atom is -0.389 e. The number of amides is 1. The van der Waals surface area contributed by atoms with Crippen LogP contribution in [-0.2, 0) is 4.79 Å². The summed E-state index contributed by atoms with van der Waals surface area (Å²) in [5.41, 5.74) is 7.59. The zero-order chi connectivity index (χ0) is 13.1. The number of carbonyl (C=O) groups is 1. The van der Waals surface area contributed by atoms with Gasteiger partial charge < -0.3 is 16.0 Å². The highest BCUT2D eigenvalue weighted by molar-refractivity contribution is 9.10. The average Bonchev–Trinajstić information content (AvgIpc) is 2.54. The summed E-state index contributed by atoms with van der Waals surface area (Å²) in [6.45, 7) is 2.09. The van der Waals surface area contributed by atoms with Crippen LogP contribution in [0.1, 0.15) is 12.0 Å². The summed E-state index contributed by atoms with van der Waals surface area (Å²) < 4.78 is 0.943. The Morgan fingerprint density at radius 2 is 2.22 bits per heavy atom. The molecule has 0 atom stereocenters. The summed E-state index contributed by atoms with van der Waals surface area (Å²) in [5.74, 6) is 0.0893. The number of anilines is 1. The summed E-state index contributed by atoms with van der Waals surface area (Å²) in [7, 11) is 0. The normalized spacial score (nSPS) is 16.1. The topological polar surface area (TPSA) is 58.4 Å². The van der Waals surface area contributed by atoms with Gasteiger partial charge in [-0.25, -0.2) is 0 Å². The van der Waals surface area contributed by atoms with Crippen LogP contribution in [0.3, 0.4) is 0 Å². The largest absolute Gasteiger partial charge is 0.389 e. The van der Waals surface area contributed by atoms with Crippen molar-refractivity contribution < 1.29 is 4.79 Å². The molecule has 1 heterocycles. The Morgan fingerprint density at radius 3 is 2.94 bits per heavy atom. The zero-order valence-corrected chi connectivity index (χ0v) is 12.2. The maximum absolute atomic E-state index is 11.3. The van der Waals surface area contributed by atoms with E-state index in [9.17, 15) is 4.79 Å². The lowest BCUT2D eigenvalue weighted by Crippen LogP contribution is -2.30. The molecule has 0 unspecified atom stereocenters. The zero-order valence-electron chi connectivity index (χ0n) is 9.78. The van der Waals surface area contributed by atoms with E-state index in [1.54, 1.807) is 0 Å². The molecule has 0 bridgehead atoms. The Bertz CT molecular complexity index is 492. The molecule has 1 aliphatic heterocycles. The highest BCUT2D eigenvalue weighted by atomic mass is 79.9. The van der Waals surface area contributed by atoms with E-state index in [0.717, 1.165) is 22.3 Å². The third kappa shape index (κ3) is 3.00. The SMILES string of the molecule is NC(=S)c1cc(Br)ccc1N1CCNC(=O)CC1. The lowest BCUT2D eigenvalue weighted by atomic mass is 10.1. The van der Waals surface area contributed by atoms with E-state index in [1.165, 1.54) is 0 Å². The third-order valence-corrected chi connectivity index (χ3v) is 3.59. The number of nitrogens with one attached hydrogen (secondary N) is 1. The number of benzene rings is 1. The summed E-state index contributed by atoms with van der Waals surface area (Å²) >= 11 is 8.50. The summed E-state index contributed by atoms with van der Waals surface area (Å²) in [5, 5.41) is 2.85. The molecule has 2 rings (SSSR count). The summed E-state index contributed by atoms with van der Waals surface area (Å²) in [6.07, 6.45) is 0.493. The fourth-order valence-electron chi connectivity index (χ4n) is 1.99. The van der Waals surface area contributed by atoms with E-state index in [0.29, 0.717) is 24.5 Å². The number of halogens is 1. The van der Waals surface area contributed by atoms with Crippen molar-refractivity contribution >= 4 is 44.7 Å². The molecule has 0 saturated carbocycles. The highest BCUT2D eigenvalue weighted by Crippen LogP contribution is 2.25. The van der Waals surface area contributed by atoms with E-state index in [4.69, 9.17) is 18.0 Å². The predicted octanol–water partition coefficient (Wildman–Crippen LogP) is 1.41. The number of nitrogens with zero attached hydrogens (tertiary/aromatic N) is 1. The second-order valence-electron chi connectivity index (χ2n) is 4.11. The molecule has 1 amide bonds. The molecular formula is C12H14BrN3OS. The van der Waals surface area contributed by atoms with Crippen molar-refractivity contribution in [1.29, 1.82) is 0 Å². The molecular weight excluding hydrogens is 314 g/mol. The molecule has 1 fully saturated rings. The van der Waals surface area contributed by atoms with Gasteiger partial charge in [0.2, 0.25) is 5.91 Å². The number of nitrogens with two attached hydrogens (primary N) is 1. The van der Waals surface area contributed by atoms with E-state index in [2.05, 4.69) is 26.1 Å². The molecule has 0 aliphatic carbocycles. The minimum absolute atomic E-state index is 0.0893. The number of hydrogen-bond acceptors (Lipinski definition) is 3. The van der Waals surface area contributed by atoms with E-state index in [-0.39, 0.29) is 5.91 Å². The molecule has 1 aliphatic rings. The molecule has 0 aromatic heterocycles. The van der Waals surface area contributed by atoms with Crippen molar-refractivity contribution in [2.45, 2.75) is 6.42 Å². The maximum Gasteiger partial charge on any atom is 0.221 e. The molecule has 3 N–H and O–H groups in total. The van der Waals surface area contributed by atoms with E-state index >= 15 is 0 Å². The van der Waals surface area contributed by atoms with Crippen molar-refractivity contribution in [2.75, 3.05) is 24.5 Å². The molecule has 6 heteroatoms. The van der Waals surface area contributed by atoms with Crippen LogP contribution in [0, 0.1) is 0 Å². The average molecular weight is 328 g/mol. The smallest absolute Gasteiger partial charge is 0.221 e. The Labute approximate surface area is 120 Å². The van der Waals surface area contributed by atoms with Crippen LogP contribution in [0.4, 0.5) is 5.69 Å². The van der Waals surface area contributed by atoms with Crippen LogP contribution in [0.2, 0.25) is 0 Å². The number of carbonyl (C=O) groups excluding carboxylic acids is 1. The van der Waals surface area contributed by atoms with Crippen LogP contribution in [-0.4, -0.2) is 30.5 Å². The van der Waals surface area contributed by atoms with Gasteiger partial charge in [-0.15, -0.1) is 0 Å². The van der Waals surface area contributed by atoms with Crippen LogP contribution in [0.15, 0.2) is 22.7 Å². The van der Waals surface area contributed by atoms with Gasteiger partial charge in [0.1, 0.15) is 4.99 Å². The fraction of sp³-hybridized carbons (Fsp3) is 0.333. The van der Waals surface area contributed by atoms with Gasteiger partial charge in [0.25, 0.3) is 0 Å². The van der Waals surface area contributed by atoms with Gasteiger partial charge in [-0.3, -0.25) is 4.79 Å². The first-order chi connectivity index (χ1) is 8.58. The minimum atomic E-state index is 0.0893. The molecule has 18 heavy (non-hydrogen) atoms. The van der Waals surface area contributed by atoms with Gasteiger partial charge in [0, 0.05) is 41.8 Å². The van der Waals surface area contributed by atoms with Crippen LogP contribution < -0.4 is 16.0 Å².